The van der Waals surface area contributed by atoms with Crippen LogP contribution in [0, 0.1) is 0 Å². The average Bonchev–Trinajstić information content (AvgIpc) is 2.98. The molecule has 0 radical (unpaired) electrons. The van der Waals surface area contributed by atoms with Crippen LogP contribution in [0.3, 0.4) is 0 Å². The van der Waals surface area contributed by atoms with Gasteiger partial charge in [0.15, 0.2) is 0 Å². The first kappa shape index (κ1) is 11.6. The Morgan fingerprint density at radius 3 is 2.88 bits per heavy atom. The maximum Gasteiger partial charge on any atom is 0.123 e. The number of hydrogen-bond acceptors (Lipinski definition) is 3. The summed E-state index contributed by atoms with van der Waals surface area (Å²) in [4.78, 5) is 6.74. The van der Waals surface area contributed by atoms with E-state index < -0.39 is 0 Å². The zero-order chi connectivity index (χ0) is 11.5. The number of nitrogens with zero attached hydrogens (tertiary/aromatic N) is 3. The van der Waals surface area contributed by atoms with Gasteiger partial charge in [-0.05, 0) is 26.7 Å². The Hall–Kier alpha value is -0.870. The topological polar surface area (TPSA) is 41.3 Å². The fraction of sp³-hybridized carbons (Fsp3) is 0.750. The van der Waals surface area contributed by atoms with Crippen molar-refractivity contribution in [2.75, 3.05) is 13.2 Å². The Balaban J connectivity index is 2.02. The molecule has 1 fully saturated rings. The third-order valence-electron chi connectivity index (χ3n) is 3.10. The summed E-state index contributed by atoms with van der Waals surface area (Å²) in [6, 6.07) is 1.12. The highest BCUT2D eigenvalue weighted by Crippen LogP contribution is 2.27. The van der Waals surface area contributed by atoms with Gasteiger partial charge in [0.25, 0.3) is 0 Å². The maximum atomic E-state index is 9.05. The molecule has 0 saturated heterocycles. The molecule has 16 heavy (non-hydrogen) atoms. The SMILES string of the molecule is CC(C)n1ccnc1CN(CCO)C1CC1. The van der Waals surface area contributed by atoms with Crippen molar-refractivity contribution >= 4 is 0 Å². The number of aliphatic hydroxyl groups excluding tert-OH is 1. The van der Waals surface area contributed by atoms with Crippen LogP contribution in [0.25, 0.3) is 0 Å². The molecule has 0 bridgehead atoms. The van der Waals surface area contributed by atoms with E-state index >= 15 is 0 Å². The largest absolute Gasteiger partial charge is 0.395 e. The zero-order valence-corrected chi connectivity index (χ0v) is 10.1. The predicted octanol–water partition coefficient (Wildman–Crippen LogP) is 1.42. The fourth-order valence-corrected chi connectivity index (χ4v) is 2.08. The van der Waals surface area contributed by atoms with Gasteiger partial charge in [0, 0.05) is 31.0 Å². The number of imidazole rings is 1. The summed E-state index contributed by atoms with van der Waals surface area (Å²) in [5, 5.41) is 9.05. The lowest BCUT2D eigenvalue weighted by molar-refractivity contribution is 0.178. The van der Waals surface area contributed by atoms with Gasteiger partial charge in [-0.2, -0.15) is 0 Å². The molecule has 4 nitrogen and oxygen atoms in total. The van der Waals surface area contributed by atoms with Crippen molar-refractivity contribution < 1.29 is 5.11 Å². The van der Waals surface area contributed by atoms with E-state index in [4.69, 9.17) is 5.11 Å². The smallest absolute Gasteiger partial charge is 0.123 e. The lowest BCUT2D eigenvalue weighted by atomic mass is 10.3. The van der Waals surface area contributed by atoms with E-state index in [0.717, 1.165) is 18.9 Å². The molecule has 1 aromatic heterocycles. The molecule has 0 unspecified atom stereocenters. The van der Waals surface area contributed by atoms with Crippen LogP contribution in [-0.4, -0.2) is 38.8 Å². The van der Waals surface area contributed by atoms with Crippen molar-refractivity contribution in [1.82, 2.24) is 14.5 Å². The lowest BCUT2D eigenvalue weighted by Gasteiger charge is -2.21. The molecule has 4 heteroatoms. The predicted molar refractivity (Wildman–Crippen MR) is 63.1 cm³/mol. The van der Waals surface area contributed by atoms with E-state index in [0.29, 0.717) is 12.1 Å². The van der Waals surface area contributed by atoms with Gasteiger partial charge in [-0.1, -0.05) is 0 Å². The van der Waals surface area contributed by atoms with Crippen LogP contribution >= 0.6 is 0 Å². The van der Waals surface area contributed by atoms with E-state index in [9.17, 15) is 0 Å². The number of rotatable bonds is 6. The highest BCUT2D eigenvalue weighted by molar-refractivity contribution is 4.96. The summed E-state index contributed by atoms with van der Waals surface area (Å²) in [7, 11) is 0. The highest BCUT2D eigenvalue weighted by Gasteiger charge is 2.29. The van der Waals surface area contributed by atoms with Crippen LogP contribution < -0.4 is 0 Å². The van der Waals surface area contributed by atoms with Crippen LogP contribution in [-0.2, 0) is 6.54 Å². The van der Waals surface area contributed by atoms with Crippen molar-refractivity contribution in [3.05, 3.63) is 18.2 Å². The van der Waals surface area contributed by atoms with Crippen molar-refractivity contribution in [2.45, 2.75) is 45.3 Å². The summed E-state index contributed by atoms with van der Waals surface area (Å²) in [5.41, 5.74) is 0. The number of aromatic nitrogens is 2. The second kappa shape index (κ2) is 4.97. The molecular weight excluding hydrogens is 202 g/mol. The molecule has 0 aliphatic heterocycles. The first-order chi connectivity index (χ1) is 7.72. The van der Waals surface area contributed by atoms with E-state index in [2.05, 4.69) is 28.3 Å². The Morgan fingerprint density at radius 1 is 1.56 bits per heavy atom. The maximum absolute atomic E-state index is 9.05. The molecule has 0 aromatic carbocycles. The van der Waals surface area contributed by atoms with E-state index in [1.807, 2.05) is 12.4 Å². The summed E-state index contributed by atoms with van der Waals surface area (Å²) in [6.45, 7) is 6.18. The van der Waals surface area contributed by atoms with Gasteiger partial charge >= 0.3 is 0 Å². The van der Waals surface area contributed by atoms with Crippen LogP contribution in [0.5, 0.6) is 0 Å². The Morgan fingerprint density at radius 2 is 2.31 bits per heavy atom. The molecule has 2 rings (SSSR count). The van der Waals surface area contributed by atoms with E-state index in [1.165, 1.54) is 12.8 Å². The van der Waals surface area contributed by atoms with Crippen molar-refractivity contribution in [3.63, 3.8) is 0 Å². The van der Waals surface area contributed by atoms with Crippen LogP contribution in [0.15, 0.2) is 12.4 Å². The first-order valence-corrected chi connectivity index (χ1v) is 6.09. The second-order valence-electron chi connectivity index (χ2n) is 4.77. The molecule has 0 spiro atoms. The molecule has 1 N–H and O–H groups in total. The third kappa shape index (κ3) is 2.62. The minimum atomic E-state index is 0.235. The number of hydrogen-bond donors (Lipinski definition) is 1. The average molecular weight is 223 g/mol. The van der Waals surface area contributed by atoms with Gasteiger partial charge in [0.1, 0.15) is 5.82 Å². The summed E-state index contributed by atoms with van der Waals surface area (Å²) in [5.74, 6) is 1.11. The van der Waals surface area contributed by atoms with Gasteiger partial charge in [0.05, 0.1) is 13.2 Å². The summed E-state index contributed by atoms with van der Waals surface area (Å²) < 4.78 is 2.20. The normalized spacial score (nSPS) is 16.3. The fourth-order valence-electron chi connectivity index (χ4n) is 2.08. The lowest BCUT2D eigenvalue weighted by Crippen LogP contribution is -2.30. The summed E-state index contributed by atoms with van der Waals surface area (Å²) >= 11 is 0. The molecule has 1 aromatic rings. The molecule has 1 aliphatic carbocycles. The second-order valence-corrected chi connectivity index (χ2v) is 4.77. The van der Waals surface area contributed by atoms with Crippen LogP contribution in [0.4, 0.5) is 0 Å². The molecule has 0 amide bonds. The first-order valence-electron chi connectivity index (χ1n) is 6.09. The molecule has 0 atom stereocenters. The minimum Gasteiger partial charge on any atom is -0.395 e. The number of aliphatic hydroxyl groups is 1. The monoisotopic (exact) mass is 223 g/mol. The third-order valence-corrected chi connectivity index (χ3v) is 3.10. The molecule has 1 heterocycles. The van der Waals surface area contributed by atoms with Crippen molar-refractivity contribution in [3.8, 4) is 0 Å². The van der Waals surface area contributed by atoms with Gasteiger partial charge in [-0.3, -0.25) is 4.90 Å². The van der Waals surface area contributed by atoms with E-state index in [-0.39, 0.29) is 6.61 Å². The molecule has 1 aliphatic rings. The Labute approximate surface area is 96.9 Å². The summed E-state index contributed by atoms with van der Waals surface area (Å²) in [6.07, 6.45) is 6.42. The molecule has 90 valence electrons. The van der Waals surface area contributed by atoms with Gasteiger partial charge in [-0.15, -0.1) is 0 Å². The van der Waals surface area contributed by atoms with Gasteiger partial charge in [-0.25, -0.2) is 4.98 Å². The standard InChI is InChI=1S/C12H21N3O/c1-10(2)15-6-5-13-12(15)9-14(7-8-16)11-3-4-11/h5-6,10-11,16H,3-4,7-9H2,1-2H3. The van der Waals surface area contributed by atoms with Crippen molar-refractivity contribution in [1.29, 1.82) is 0 Å². The van der Waals surface area contributed by atoms with Crippen molar-refractivity contribution in [2.24, 2.45) is 0 Å². The highest BCUT2D eigenvalue weighted by atomic mass is 16.3. The van der Waals surface area contributed by atoms with Gasteiger partial charge in [0.2, 0.25) is 0 Å². The minimum absolute atomic E-state index is 0.235. The molecular formula is C12H21N3O. The molecule has 1 saturated carbocycles. The Bertz CT molecular complexity index is 331. The van der Waals surface area contributed by atoms with Gasteiger partial charge < -0.3 is 9.67 Å². The zero-order valence-electron chi connectivity index (χ0n) is 10.1. The van der Waals surface area contributed by atoms with E-state index in [1.54, 1.807) is 0 Å². The van der Waals surface area contributed by atoms with Crippen LogP contribution in [0.2, 0.25) is 0 Å². The van der Waals surface area contributed by atoms with Crippen LogP contribution in [0.1, 0.15) is 38.6 Å². The Kier molecular flexibility index (Phi) is 3.61. The quantitative estimate of drug-likeness (QED) is 0.793.